The van der Waals surface area contributed by atoms with Crippen LogP contribution >= 0.6 is 0 Å². The molecule has 0 aromatic rings. The Labute approximate surface area is 80.0 Å². The Balaban J connectivity index is 2.20. The molecule has 0 radical (unpaired) electrons. The second-order valence-electron chi connectivity index (χ2n) is 3.52. The minimum Gasteiger partial charge on any atom is -0.498 e. The van der Waals surface area contributed by atoms with E-state index in [1.807, 2.05) is 0 Å². The van der Waals surface area contributed by atoms with E-state index in [4.69, 9.17) is 4.74 Å². The molecular weight excluding hydrogens is 164 g/mol. The lowest BCUT2D eigenvalue weighted by molar-refractivity contribution is -0.108. The van der Waals surface area contributed by atoms with Gasteiger partial charge in [-0.15, -0.1) is 0 Å². The molecule has 1 aliphatic rings. The molecule has 2 nitrogen and oxygen atoms in total. The first-order valence-electron chi connectivity index (χ1n) is 5.12. The maximum Gasteiger partial charge on any atom is 0.123 e. The van der Waals surface area contributed by atoms with Crippen LogP contribution < -0.4 is 0 Å². The van der Waals surface area contributed by atoms with Crippen LogP contribution in [0.4, 0.5) is 0 Å². The molecule has 13 heavy (non-hydrogen) atoms. The average Bonchev–Trinajstić information content (AvgIpc) is 2.19. The predicted molar refractivity (Wildman–Crippen MR) is 52.3 cm³/mol. The van der Waals surface area contributed by atoms with Gasteiger partial charge >= 0.3 is 0 Å². The molecule has 1 atom stereocenters. The summed E-state index contributed by atoms with van der Waals surface area (Å²) in [6, 6.07) is 0. The summed E-state index contributed by atoms with van der Waals surface area (Å²) < 4.78 is 5.45. The third kappa shape index (κ3) is 3.62. The van der Waals surface area contributed by atoms with Gasteiger partial charge < -0.3 is 9.53 Å². The maximum atomic E-state index is 10.0. The SMILES string of the molecule is CC[C@H]1CC=C(OCCC=O)CC1. The molecule has 0 spiro atoms. The molecule has 1 rings (SSSR count). The second kappa shape index (κ2) is 5.79. The summed E-state index contributed by atoms with van der Waals surface area (Å²) in [6.07, 6.45) is 8.29. The normalized spacial score (nSPS) is 22.2. The first-order chi connectivity index (χ1) is 6.36. The molecule has 0 heterocycles. The highest BCUT2D eigenvalue weighted by molar-refractivity contribution is 5.49. The van der Waals surface area contributed by atoms with Gasteiger partial charge in [-0.3, -0.25) is 0 Å². The molecule has 2 heteroatoms. The van der Waals surface area contributed by atoms with E-state index in [0.717, 1.165) is 30.8 Å². The topological polar surface area (TPSA) is 26.3 Å². The van der Waals surface area contributed by atoms with Gasteiger partial charge in [-0.2, -0.15) is 0 Å². The summed E-state index contributed by atoms with van der Waals surface area (Å²) in [5.74, 6) is 1.94. The maximum absolute atomic E-state index is 10.0. The average molecular weight is 182 g/mol. The highest BCUT2D eigenvalue weighted by Gasteiger charge is 2.12. The van der Waals surface area contributed by atoms with Gasteiger partial charge in [-0.05, 0) is 24.8 Å². The monoisotopic (exact) mass is 182 g/mol. The largest absolute Gasteiger partial charge is 0.498 e. The van der Waals surface area contributed by atoms with Gasteiger partial charge in [0.05, 0.1) is 12.4 Å². The first kappa shape index (κ1) is 10.3. The fourth-order valence-corrected chi connectivity index (χ4v) is 1.60. The molecule has 0 saturated carbocycles. The summed E-state index contributed by atoms with van der Waals surface area (Å²) in [5, 5.41) is 0. The molecule has 74 valence electrons. The van der Waals surface area contributed by atoms with E-state index < -0.39 is 0 Å². The molecule has 0 bridgehead atoms. The van der Waals surface area contributed by atoms with E-state index in [2.05, 4.69) is 13.0 Å². The van der Waals surface area contributed by atoms with Crippen LogP contribution in [-0.2, 0) is 9.53 Å². The molecule has 0 amide bonds. The summed E-state index contributed by atoms with van der Waals surface area (Å²) in [4.78, 5) is 10.0. The number of aldehydes is 1. The molecule has 1 aliphatic carbocycles. The van der Waals surface area contributed by atoms with Crippen molar-refractivity contribution in [2.24, 2.45) is 5.92 Å². The fraction of sp³-hybridized carbons (Fsp3) is 0.727. The number of hydrogen-bond acceptors (Lipinski definition) is 2. The zero-order chi connectivity index (χ0) is 9.52. The van der Waals surface area contributed by atoms with Crippen molar-refractivity contribution in [3.05, 3.63) is 11.8 Å². The first-order valence-corrected chi connectivity index (χ1v) is 5.12. The smallest absolute Gasteiger partial charge is 0.123 e. The zero-order valence-electron chi connectivity index (χ0n) is 8.29. The Morgan fingerprint density at radius 1 is 1.69 bits per heavy atom. The van der Waals surface area contributed by atoms with Gasteiger partial charge in [0.2, 0.25) is 0 Å². The molecule has 0 N–H and O–H groups in total. The van der Waals surface area contributed by atoms with Crippen molar-refractivity contribution in [2.75, 3.05) is 6.61 Å². The van der Waals surface area contributed by atoms with Gasteiger partial charge in [0.1, 0.15) is 6.29 Å². The van der Waals surface area contributed by atoms with Crippen LogP contribution in [0, 0.1) is 5.92 Å². The van der Waals surface area contributed by atoms with Gasteiger partial charge in [-0.1, -0.05) is 13.3 Å². The quantitative estimate of drug-likeness (QED) is 0.482. The Hall–Kier alpha value is -0.790. The molecular formula is C11H18O2. The van der Waals surface area contributed by atoms with Gasteiger partial charge in [-0.25, -0.2) is 0 Å². The molecule has 0 aromatic heterocycles. The van der Waals surface area contributed by atoms with Crippen molar-refractivity contribution in [1.82, 2.24) is 0 Å². The molecule has 0 fully saturated rings. The van der Waals surface area contributed by atoms with Crippen LogP contribution in [0.25, 0.3) is 0 Å². The van der Waals surface area contributed by atoms with E-state index in [1.54, 1.807) is 0 Å². The highest BCUT2D eigenvalue weighted by Crippen LogP contribution is 2.26. The van der Waals surface area contributed by atoms with Crippen LogP contribution in [0.15, 0.2) is 11.8 Å². The van der Waals surface area contributed by atoms with Crippen LogP contribution in [0.2, 0.25) is 0 Å². The van der Waals surface area contributed by atoms with E-state index in [1.165, 1.54) is 12.8 Å². The van der Waals surface area contributed by atoms with E-state index in [0.29, 0.717) is 13.0 Å². The highest BCUT2D eigenvalue weighted by atomic mass is 16.5. The summed E-state index contributed by atoms with van der Waals surface area (Å²) in [6.45, 7) is 2.78. The van der Waals surface area contributed by atoms with Crippen molar-refractivity contribution >= 4 is 6.29 Å². The van der Waals surface area contributed by atoms with E-state index in [9.17, 15) is 4.79 Å². The number of rotatable bonds is 5. The van der Waals surface area contributed by atoms with E-state index >= 15 is 0 Å². The third-order valence-electron chi connectivity index (χ3n) is 2.58. The van der Waals surface area contributed by atoms with Crippen molar-refractivity contribution in [1.29, 1.82) is 0 Å². The Morgan fingerprint density at radius 2 is 2.54 bits per heavy atom. The number of hydrogen-bond donors (Lipinski definition) is 0. The Kier molecular flexibility index (Phi) is 4.58. The summed E-state index contributed by atoms with van der Waals surface area (Å²) in [7, 11) is 0. The number of allylic oxidation sites excluding steroid dienone is 2. The molecule has 0 unspecified atom stereocenters. The van der Waals surface area contributed by atoms with Crippen molar-refractivity contribution in [2.45, 2.75) is 39.0 Å². The van der Waals surface area contributed by atoms with Gasteiger partial charge in [0.25, 0.3) is 0 Å². The van der Waals surface area contributed by atoms with Gasteiger partial charge in [0, 0.05) is 12.8 Å². The number of carbonyl (C=O) groups excluding carboxylic acids is 1. The molecule has 0 aromatic carbocycles. The van der Waals surface area contributed by atoms with Crippen LogP contribution in [0.3, 0.4) is 0 Å². The lowest BCUT2D eigenvalue weighted by atomic mass is 9.91. The van der Waals surface area contributed by atoms with E-state index in [-0.39, 0.29) is 0 Å². The van der Waals surface area contributed by atoms with Gasteiger partial charge in [0.15, 0.2) is 0 Å². The lowest BCUT2D eigenvalue weighted by Crippen LogP contribution is -2.07. The van der Waals surface area contributed by atoms with Crippen LogP contribution in [0.1, 0.15) is 39.0 Å². The number of carbonyl (C=O) groups is 1. The summed E-state index contributed by atoms with van der Waals surface area (Å²) in [5.41, 5.74) is 0. The third-order valence-corrected chi connectivity index (χ3v) is 2.58. The number of ether oxygens (including phenoxy) is 1. The summed E-state index contributed by atoms with van der Waals surface area (Å²) >= 11 is 0. The Bertz CT molecular complexity index is 185. The van der Waals surface area contributed by atoms with Crippen molar-refractivity contribution < 1.29 is 9.53 Å². The fourth-order valence-electron chi connectivity index (χ4n) is 1.60. The zero-order valence-corrected chi connectivity index (χ0v) is 8.29. The minimum absolute atomic E-state index is 0.508. The standard InChI is InChI=1S/C11H18O2/c1-2-10-4-6-11(7-5-10)13-9-3-8-12/h6,8,10H,2-5,7,9H2,1H3/t10-/m0/s1. The molecule has 0 saturated heterocycles. The van der Waals surface area contributed by atoms with Crippen molar-refractivity contribution in [3.8, 4) is 0 Å². The van der Waals surface area contributed by atoms with Crippen LogP contribution in [0.5, 0.6) is 0 Å². The van der Waals surface area contributed by atoms with Crippen molar-refractivity contribution in [3.63, 3.8) is 0 Å². The minimum atomic E-state index is 0.508. The molecule has 0 aliphatic heterocycles. The van der Waals surface area contributed by atoms with Crippen LogP contribution in [-0.4, -0.2) is 12.9 Å². The second-order valence-corrected chi connectivity index (χ2v) is 3.52. The predicted octanol–water partition coefficient (Wildman–Crippen LogP) is 2.69. The lowest BCUT2D eigenvalue weighted by Gasteiger charge is -2.20. The Morgan fingerprint density at radius 3 is 3.08 bits per heavy atom.